The fraction of sp³-hybridized carbons (Fsp3) is 0.235. The molecule has 1 aromatic heterocycles. The molecule has 0 radical (unpaired) electrons. The van der Waals surface area contributed by atoms with Gasteiger partial charge in [-0.05, 0) is 39.8 Å². The van der Waals surface area contributed by atoms with Crippen LogP contribution >= 0.6 is 0 Å². The molecule has 0 fully saturated rings. The average molecular weight is 475 g/mol. The zero-order valence-corrected chi connectivity index (χ0v) is 17.5. The van der Waals surface area contributed by atoms with Gasteiger partial charge in [-0.1, -0.05) is 18.2 Å². The number of aromatic nitrogens is 4. The molecule has 3 rings (SSSR count). The number of nitrogens with one attached hydrogen (secondary N) is 1. The molecule has 31 heavy (non-hydrogen) atoms. The van der Waals surface area contributed by atoms with Crippen LogP contribution in [0.25, 0.3) is 22.5 Å². The van der Waals surface area contributed by atoms with Crippen LogP contribution in [-0.2, 0) is 25.9 Å². The minimum absolute atomic E-state index is 0.0279. The highest BCUT2D eigenvalue weighted by Crippen LogP contribution is 2.43. The van der Waals surface area contributed by atoms with Gasteiger partial charge in [-0.3, -0.25) is 0 Å². The summed E-state index contributed by atoms with van der Waals surface area (Å²) in [6, 6.07) is 6.97. The predicted molar refractivity (Wildman–Crippen MR) is 104 cm³/mol. The normalized spacial score (nSPS) is 12.8. The number of nitrogens with two attached hydrogens (primary N) is 1. The molecule has 0 saturated carbocycles. The first kappa shape index (κ1) is 22.8. The zero-order chi connectivity index (χ0) is 23.0. The van der Waals surface area contributed by atoms with Gasteiger partial charge in [0.15, 0.2) is 25.5 Å². The lowest BCUT2D eigenvalue weighted by Crippen LogP contribution is -2.15. The lowest BCUT2D eigenvalue weighted by Gasteiger charge is -2.18. The van der Waals surface area contributed by atoms with Crippen molar-refractivity contribution in [1.29, 1.82) is 0 Å². The van der Waals surface area contributed by atoms with Crippen molar-refractivity contribution in [2.45, 2.75) is 16.0 Å². The van der Waals surface area contributed by atoms with Crippen molar-refractivity contribution in [3.63, 3.8) is 0 Å². The number of sulfone groups is 2. The summed E-state index contributed by atoms with van der Waals surface area (Å²) in [5, 5.41) is 12.5. The summed E-state index contributed by atoms with van der Waals surface area (Å²) < 4.78 is 89.8. The van der Waals surface area contributed by atoms with Crippen molar-refractivity contribution in [3.05, 3.63) is 42.0 Å². The number of tetrazole rings is 1. The van der Waals surface area contributed by atoms with E-state index in [0.29, 0.717) is 12.3 Å². The van der Waals surface area contributed by atoms with Crippen LogP contribution in [0.2, 0.25) is 0 Å². The first-order valence-electron chi connectivity index (χ1n) is 8.58. The standard InChI is InChI=1S/C17H16F3N5O4S2/c1-30(26,27)15-13(17(18,19)20)7-6-12(14(15)16-22-24-25-23-16)10-2-4-11(5-3-10)31(28,29)9-8-21/h2-7H,8-9,21H2,1H3,(H,22,23,24,25). The highest BCUT2D eigenvalue weighted by Gasteiger charge is 2.39. The Morgan fingerprint density at radius 3 is 2.16 bits per heavy atom. The van der Waals surface area contributed by atoms with Crippen LogP contribution in [0.4, 0.5) is 13.2 Å². The van der Waals surface area contributed by atoms with E-state index in [1.165, 1.54) is 24.3 Å². The summed E-state index contributed by atoms with van der Waals surface area (Å²) in [5.41, 5.74) is 3.89. The van der Waals surface area contributed by atoms with Crippen molar-refractivity contribution in [2.75, 3.05) is 18.6 Å². The maximum absolute atomic E-state index is 13.6. The molecule has 2 aromatic carbocycles. The number of H-pyrrole nitrogens is 1. The number of benzene rings is 2. The molecule has 0 aliphatic rings. The van der Waals surface area contributed by atoms with Crippen molar-refractivity contribution >= 4 is 19.7 Å². The summed E-state index contributed by atoms with van der Waals surface area (Å²) in [6.07, 6.45) is -4.31. The van der Waals surface area contributed by atoms with E-state index in [-0.39, 0.29) is 39.7 Å². The first-order chi connectivity index (χ1) is 14.4. The summed E-state index contributed by atoms with van der Waals surface area (Å²) in [6.45, 7) is -0.0800. The Bertz CT molecular complexity index is 1310. The van der Waals surface area contributed by atoms with Crippen LogP contribution in [0.15, 0.2) is 46.2 Å². The minimum atomic E-state index is -4.96. The first-order valence-corrected chi connectivity index (χ1v) is 12.1. The van der Waals surface area contributed by atoms with Gasteiger partial charge in [-0.15, -0.1) is 5.10 Å². The average Bonchev–Trinajstić information content (AvgIpc) is 3.20. The fourth-order valence-corrected chi connectivity index (χ4v) is 5.30. The van der Waals surface area contributed by atoms with E-state index < -0.39 is 36.3 Å². The third-order valence-corrected chi connectivity index (χ3v) is 7.26. The van der Waals surface area contributed by atoms with E-state index in [1.54, 1.807) is 0 Å². The van der Waals surface area contributed by atoms with Gasteiger partial charge in [0.2, 0.25) is 0 Å². The summed E-state index contributed by atoms with van der Waals surface area (Å²) in [4.78, 5) is -1.02. The van der Waals surface area contributed by atoms with Gasteiger partial charge in [-0.25, -0.2) is 21.9 Å². The molecule has 3 N–H and O–H groups in total. The molecule has 0 amide bonds. The Kier molecular flexibility index (Phi) is 5.90. The van der Waals surface area contributed by atoms with Gasteiger partial charge in [0.05, 0.1) is 21.1 Å². The quantitative estimate of drug-likeness (QED) is 0.547. The van der Waals surface area contributed by atoms with Crippen LogP contribution in [0, 0.1) is 0 Å². The predicted octanol–water partition coefficient (Wildman–Crippen LogP) is 1.69. The van der Waals surface area contributed by atoms with Crippen LogP contribution in [-0.4, -0.2) is 56.0 Å². The second-order valence-corrected chi connectivity index (χ2v) is 10.6. The number of aromatic amines is 1. The number of hydrogen-bond donors (Lipinski definition) is 2. The second-order valence-electron chi connectivity index (χ2n) is 6.52. The van der Waals surface area contributed by atoms with E-state index in [4.69, 9.17) is 5.73 Å². The summed E-state index contributed by atoms with van der Waals surface area (Å²) in [5.74, 6) is -0.568. The molecular formula is C17H16F3N5O4S2. The minimum Gasteiger partial charge on any atom is -0.329 e. The second kappa shape index (κ2) is 8.01. The van der Waals surface area contributed by atoms with E-state index in [9.17, 15) is 30.0 Å². The Balaban J connectivity index is 2.32. The third-order valence-electron chi connectivity index (χ3n) is 4.33. The summed E-state index contributed by atoms with van der Waals surface area (Å²) >= 11 is 0. The van der Waals surface area contributed by atoms with E-state index in [0.717, 1.165) is 6.07 Å². The maximum atomic E-state index is 13.6. The molecule has 0 unspecified atom stereocenters. The van der Waals surface area contributed by atoms with Gasteiger partial charge in [0.25, 0.3) is 0 Å². The topological polar surface area (TPSA) is 149 Å². The molecule has 14 heteroatoms. The van der Waals surface area contributed by atoms with Crippen LogP contribution in [0.1, 0.15) is 5.56 Å². The lowest BCUT2D eigenvalue weighted by molar-refractivity contribution is -0.139. The molecule has 1 heterocycles. The molecule has 9 nitrogen and oxygen atoms in total. The van der Waals surface area contributed by atoms with Crippen molar-refractivity contribution in [1.82, 2.24) is 20.6 Å². The van der Waals surface area contributed by atoms with Gasteiger partial charge < -0.3 is 5.73 Å². The van der Waals surface area contributed by atoms with E-state index in [1.807, 2.05) is 0 Å². The largest absolute Gasteiger partial charge is 0.417 e. The van der Waals surface area contributed by atoms with E-state index in [2.05, 4.69) is 20.6 Å². The number of halogens is 3. The Morgan fingerprint density at radius 1 is 1.03 bits per heavy atom. The smallest absolute Gasteiger partial charge is 0.329 e. The van der Waals surface area contributed by atoms with Gasteiger partial charge in [-0.2, -0.15) is 13.2 Å². The zero-order valence-electron chi connectivity index (χ0n) is 15.9. The molecule has 0 spiro atoms. The van der Waals surface area contributed by atoms with Gasteiger partial charge in [0.1, 0.15) is 0 Å². The van der Waals surface area contributed by atoms with E-state index >= 15 is 0 Å². The molecular weight excluding hydrogens is 459 g/mol. The van der Waals surface area contributed by atoms with Crippen molar-refractivity contribution in [2.24, 2.45) is 5.73 Å². The monoisotopic (exact) mass is 475 g/mol. The van der Waals surface area contributed by atoms with Crippen molar-refractivity contribution in [3.8, 4) is 22.5 Å². The molecule has 166 valence electrons. The molecule has 0 bridgehead atoms. The highest BCUT2D eigenvalue weighted by atomic mass is 32.2. The Morgan fingerprint density at radius 2 is 1.68 bits per heavy atom. The number of nitrogens with zero attached hydrogens (tertiary/aromatic N) is 3. The van der Waals surface area contributed by atoms with Gasteiger partial charge >= 0.3 is 6.18 Å². The number of alkyl halides is 3. The maximum Gasteiger partial charge on any atom is 0.417 e. The third kappa shape index (κ3) is 4.60. The Labute approximate surface area is 175 Å². The molecule has 0 aliphatic carbocycles. The summed E-state index contributed by atoms with van der Waals surface area (Å²) in [7, 11) is -8.02. The highest BCUT2D eigenvalue weighted by molar-refractivity contribution is 7.91. The van der Waals surface area contributed by atoms with Crippen LogP contribution in [0.5, 0.6) is 0 Å². The molecule has 3 aromatic rings. The number of hydrogen-bond acceptors (Lipinski definition) is 8. The van der Waals surface area contributed by atoms with Gasteiger partial charge in [0, 0.05) is 18.4 Å². The fourth-order valence-electron chi connectivity index (χ4n) is 3.05. The number of rotatable bonds is 6. The molecule has 0 atom stereocenters. The molecule has 0 saturated heterocycles. The lowest BCUT2D eigenvalue weighted by atomic mass is 9.96. The van der Waals surface area contributed by atoms with Crippen LogP contribution in [0.3, 0.4) is 0 Å². The van der Waals surface area contributed by atoms with Crippen molar-refractivity contribution < 1.29 is 30.0 Å². The molecule has 0 aliphatic heterocycles. The Hall–Kier alpha value is -2.84. The van der Waals surface area contributed by atoms with Crippen LogP contribution < -0.4 is 5.73 Å². The SMILES string of the molecule is CS(=O)(=O)c1c(C(F)(F)F)ccc(-c2ccc(S(=O)(=O)CCN)cc2)c1-c1nnn[nH]1.